The van der Waals surface area contributed by atoms with Crippen LogP contribution in [0.25, 0.3) is 40.1 Å². The maximum atomic E-state index is 4.63. The Morgan fingerprint density at radius 3 is 2.68 bits per heavy atom. The second-order valence-electron chi connectivity index (χ2n) is 7.92. The molecule has 6 heteroatoms. The van der Waals surface area contributed by atoms with Crippen LogP contribution in [0, 0.1) is 0 Å². The van der Waals surface area contributed by atoms with Crippen LogP contribution in [0.1, 0.15) is 31.7 Å². The van der Waals surface area contributed by atoms with Gasteiger partial charge in [-0.1, -0.05) is 12.7 Å². The van der Waals surface area contributed by atoms with Crippen molar-refractivity contribution in [1.82, 2.24) is 25.1 Å². The fraction of sp³-hybridized carbons (Fsp3) is 0.240. The molecule has 1 saturated heterocycles. The van der Waals surface area contributed by atoms with Crippen molar-refractivity contribution in [2.45, 2.75) is 26.2 Å². The van der Waals surface area contributed by atoms with E-state index in [-0.39, 0.29) is 0 Å². The molecule has 0 bridgehead atoms. The van der Waals surface area contributed by atoms with E-state index in [0.717, 1.165) is 57.2 Å². The molecule has 4 aromatic heterocycles. The third-order valence-electron chi connectivity index (χ3n) is 5.95. The predicted octanol–water partition coefficient (Wildman–Crippen LogP) is 3.63. The number of nitrogens with one attached hydrogen (secondary N) is 2. The second kappa shape index (κ2) is 8.22. The van der Waals surface area contributed by atoms with Gasteiger partial charge in [-0.3, -0.25) is 10.1 Å². The fourth-order valence-corrected chi connectivity index (χ4v) is 4.31. The van der Waals surface area contributed by atoms with Crippen LogP contribution >= 0.6 is 0 Å². The minimum absolute atomic E-state index is 0.867. The lowest BCUT2D eigenvalue weighted by molar-refractivity contribution is 0.579. The highest BCUT2D eigenvalue weighted by atomic mass is 15.1. The quantitative estimate of drug-likeness (QED) is 0.539. The van der Waals surface area contributed by atoms with Crippen LogP contribution in [0.2, 0.25) is 0 Å². The molecule has 0 aromatic carbocycles. The molecule has 156 valence electrons. The summed E-state index contributed by atoms with van der Waals surface area (Å²) >= 11 is 0. The standard InChI is InChI=1S/C25H26N6/c1-3-21-19(15-17(2)18-7-10-26-11-8-18)24(30-29-21)22-16-20-23(9-12-27-25(20)28-22)31-13-5-4-6-14-31/h3,7-12,15-16,29H,2,4-6,13-14H2,1H3,(H,27,28)/b19-15+,21-3+. The first kappa shape index (κ1) is 19.3. The molecule has 0 spiro atoms. The number of nitrogens with zero attached hydrogens (tertiary/aromatic N) is 4. The summed E-state index contributed by atoms with van der Waals surface area (Å²) < 4.78 is 0. The maximum absolute atomic E-state index is 4.63. The molecule has 1 aliphatic heterocycles. The lowest BCUT2D eigenvalue weighted by Crippen LogP contribution is -2.29. The summed E-state index contributed by atoms with van der Waals surface area (Å²) in [6.45, 7) is 8.46. The normalized spacial score (nSPS) is 15.7. The molecule has 6 nitrogen and oxygen atoms in total. The van der Waals surface area contributed by atoms with Crippen molar-refractivity contribution in [2.24, 2.45) is 0 Å². The van der Waals surface area contributed by atoms with Gasteiger partial charge in [-0.25, -0.2) is 4.98 Å². The number of aromatic amines is 2. The highest BCUT2D eigenvalue weighted by Crippen LogP contribution is 2.30. The van der Waals surface area contributed by atoms with Crippen LogP contribution in [-0.4, -0.2) is 38.2 Å². The minimum Gasteiger partial charge on any atom is -0.371 e. The largest absolute Gasteiger partial charge is 0.371 e. The summed E-state index contributed by atoms with van der Waals surface area (Å²) in [5.41, 5.74) is 5.90. The molecule has 0 saturated carbocycles. The maximum Gasteiger partial charge on any atom is 0.139 e. The van der Waals surface area contributed by atoms with Gasteiger partial charge in [-0.15, -0.1) is 0 Å². The van der Waals surface area contributed by atoms with E-state index >= 15 is 0 Å². The minimum atomic E-state index is 0.867. The van der Waals surface area contributed by atoms with Crippen LogP contribution in [0.4, 0.5) is 5.69 Å². The van der Waals surface area contributed by atoms with E-state index in [1.165, 1.54) is 24.9 Å². The van der Waals surface area contributed by atoms with Crippen LogP contribution in [-0.2, 0) is 0 Å². The molecule has 1 aliphatic rings. The third-order valence-corrected chi connectivity index (χ3v) is 5.95. The van der Waals surface area contributed by atoms with E-state index in [9.17, 15) is 0 Å². The van der Waals surface area contributed by atoms with Gasteiger partial charge in [0.2, 0.25) is 0 Å². The van der Waals surface area contributed by atoms with Crippen LogP contribution in [0.15, 0.2) is 49.4 Å². The first-order valence-corrected chi connectivity index (χ1v) is 10.8. The van der Waals surface area contributed by atoms with Crippen molar-refractivity contribution in [3.8, 4) is 11.4 Å². The third kappa shape index (κ3) is 3.65. The number of hydrogen-bond acceptors (Lipinski definition) is 4. The van der Waals surface area contributed by atoms with Gasteiger partial charge in [-0.2, -0.15) is 5.10 Å². The highest BCUT2D eigenvalue weighted by Gasteiger charge is 2.17. The summed E-state index contributed by atoms with van der Waals surface area (Å²) in [4.78, 5) is 14.6. The summed E-state index contributed by atoms with van der Waals surface area (Å²) in [5.74, 6) is 0. The van der Waals surface area contributed by atoms with E-state index in [4.69, 9.17) is 0 Å². The van der Waals surface area contributed by atoms with Crippen molar-refractivity contribution in [2.75, 3.05) is 18.0 Å². The Morgan fingerprint density at radius 1 is 1.10 bits per heavy atom. The molecule has 0 unspecified atom stereocenters. The van der Waals surface area contributed by atoms with Crippen LogP contribution in [0.3, 0.4) is 0 Å². The number of hydrogen-bond donors (Lipinski definition) is 2. The number of pyridine rings is 2. The Bertz CT molecular complexity index is 1340. The molecular weight excluding hydrogens is 384 g/mol. The van der Waals surface area contributed by atoms with Gasteiger partial charge >= 0.3 is 0 Å². The fourth-order valence-electron chi connectivity index (χ4n) is 4.31. The van der Waals surface area contributed by atoms with Crippen molar-refractivity contribution < 1.29 is 0 Å². The van der Waals surface area contributed by atoms with Crippen molar-refractivity contribution in [3.63, 3.8) is 0 Å². The number of fused-ring (bicyclic) bond motifs is 1. The SMILES string of the molecule is C=C(/C=c1/c(-c2cc3c(N4CCCCC4)ccnc3[nH]2)n[nH]/c1=C/C)c1ccncc1. The summed E-state index contributed by atoms with van der Waals surface area (Å²) in [6.07, 6.45) is 13.4. The Hall–Kier alpha value is -3.67. The average molecular weight is 411 g/mol. The number of rotatable bonds is 4. The first-order valence-electron chi connectivity index (χ1n) is 10.8. The Balaban J connectivity index is 1.62. The molecule has 0 atom stereocenters. The van der Waals surface area contributed by atoms with E-state index in [1.807, 2.05) is 31.3 Å². The molecule has 31 heavy (non-hydrogen) atoms. The second-order valence-corrected chi connectivity index (χ2v) is 7.92. The molecule has 5 rings (SSSR count). The van der Waals surface area contributed by atoms with E-state index in [1.54, 1.807) is 12.4 Å². The lowest BCUT2D eigenvalue weighted by Gasteiger charge is -2.29. The average Bonchev–Trinajstić information content (AvgIpc) is 3.43. The Kier molecular flexibility index (Phi) is 5.12. The number of aromatic nitrogens is 5. The Morgan fingerprint density at radius 2 is 1.90 bits per heavy atom. The van der Waals surface area contributed by atoms with E-state index in [2.05, 4.69) is 54.8 Å². The monoisotopic (exact) mass is 410 g/mol. The van der Waals surface area contributed by atoms with Crippen molar-refractivity contribution in [3.05, 3.63) is 65.6 Å². The topological polar surface area (TPSA) is 73.5 Å². The zero-order valence-electron chi connectivity index (χ0n) is 17.7. The van der Waals surface area contributed by atoms with Crippen molar-refractivity contribution >= 4 is 34.4 Å². The molecular formula is C25H26N6. The summed E-state index contributed by atoms with van der Waals surface area (Å²) in [7, 11) is 0. The van der Waals surface area contributed by atoms with Gasteiger partial charge in [0.1, 0.15) is 11.3 Å². The van der Waals surface area contributed by atoms with Gasteiger partial charge in [0, 0.05) is 48.0 Å². The summed E-state index contributed by atoms with van der Waals surface area (Å²) in [6, 6.07) is 8.23. The van der Waals surface area contributed by atoms with Gasteiger partial charge in [0.15, 0.2) is 0 Å². The lowest BCUT2D eigenvalue weighted by atomic mass is 10.1. The molecule has 0 radical (unpaired) electrons. The number of anilines is 1. The number of piperidine rings is 1. The zero-order chi connectivity index (χ0) is 21.2. The van der Waals surface area contributed by atoms with Crippen molar-refractivity contribution in [1.29, 1.82) is 0 Å². The highest BCUT2D eigenvalue weighted by molar-refractivity contribution is 5.94. The Labute approximate surface area is 181 Å². The molecule has 2 N–H and O–H groups in total. The number of allylic oxidation sites excluding steroid dienone is 1. The van der Waals surface area contributed by atoms with Gasteiger partial charge in [0.05, 0.1) is 11.0 Å². The van der Waals surface area contributed by atoms with E-state index in [0.29, 0.717) is 0 Å². The molecule has 0 aliphatic carbocycles. The van der Waals surface area contributed by atoms with Gasteiger partial charge < -0.3 is 9.88 Å². The van der Waals surface area contributed by atoms with Crippen LogP contribution in [0.5, 0.6) is 0 Å². The van der Waals surface area contributed by atoms with Crippen LogP contribution < -0.4 is 15.5 Å². The summed E-state index contributed by atoms with van der Waals surface area (Å²) in [5, 5.41) is 10.9. The molecule has 5 heterocycles. The first-order chi connectivity index (χ1) is 15.2. The zero-order valence-corrected chi connectivity index (χ0v) is 17.7. The van der Waals surface area contributed by atoms with E-state index < -0.39 is 0 Å². The predicted molar refractivity (Wildman–Crippen MR) is 127 cm³/mol. The molecule has 0 amide bonds. The van der Waals surface area contributed by atoms with Gasteiger partial charge in [0.25, 0.3) is 0 Å². The number of H-pyrrole nitrogens is 2. The molecule has 1 fully saturated rings. The molecule has 4 aromatic rings. The smallest absolute Gasteiger partial charge is 0.139 e. The van der Waals surface area contributed by atoms with Gasteiger partial charge in [-0.05, 0) is 67.7 Å².